The molecule has 39 heavy (non-hydrogen) atoms. The number of hydrogen-bond donors (Lipinski definition) is 3. The Hall–Kier alpha value is -3.93. The minimum Gasteiger partial charge on any atom is -0.373 e. The summed E-state index contributed by atoms with van der Waals surface area (Å²) in [4.78, 5) is 42.2. The standard InChI is InChI=1S/C30H36FN5O3/c1-18(2)25(33-20-12-10-19(31)11-13-20)26(37)34-24(15-29(3,4)5)27(38)36-17-30(14-21(36)16-32)22-8-6-7-9-23(22)35-28(30)39/h6-13,18,21,24-25,33H,14-15,17H2,1-5H3,(H,34,37)(H,35,39)/t21-,24-,25?,30-/m0/s1. The number of rotatable bonds is 7. The molecule has 2 aromatic rings. The fourth-order valence-corrected chi connectivity index (χ4v) is 5.52. The van der Waals surface area contributed by atoms with E-state index >= 15 is 0 Å². The van der Waals surface area contributed by atoms with Gasteiger partial charge in [0, 0.05) is 24.3 Å². The van der Waals surface area contributed by atoms with Crippen LogP contribution in [0, 0.1) is 28.5 Å². The highest BCUT2D eigenvalue weighted by Gasteiger charge is 2.56. The van der Waals surface area contributed by atoms with Crippen molar-refractivity contribution in [2.75, 3.05) is 17.2 Å². The molecule has 2 heterocycles. The van der Waals surface area contributed by atoms with E-state index in [0.717, 1.165) is 5.56 Å². The van der Waals surface area contributed by atoms with Gasteiger partial charge in [0.25, 0.3) is 0 Å². The fourth-order valence-electron chi connectivity index (χ4n) is 5.52. The molecule has 3 amide bonds. The molecule has 9 heteroatoms. The lowest BCUT2D eigenvalue weighted by Crippen LogP contribution is -2.55. The first-order chi connectivity index (χ1) is 18.3. The topological polar surface area (TPSA) is 114 Å². The number of hydrogen-bond acceptors (Lipinski definition) is 5. The number of nitriles is 1. The molecule has 1 fully saturated rings. The van der Waals surface area contributed by atoms with Crippen LogP contribution >= 0.6 is 0 Å². The largest absolute Gasteiger partial charge is 0.373 e. The smallest absolute Gasteiger partial charge is 0.246 e. The van der Waals surface area contributed by atoms with E-state index in [1.54, 1.807) is 12.1 Å². The van der Waals surface area contributed by atoms with Crippen molar-refractivity contribution in [2.24, 2.45) is 11.3 Å². The second kappa shape index (κ2) is 10.7. The number of halogens is 1. The van der Waals surface area contributed by atoms with E-state index in [2.05, 4.69) is 22.0 Å². The van der Waals surface area contributed by atoms with Crippen molar-refractivity contribution in [3.8, 4) is 6.07 Å². The maximum Gasteiger partial charge on any atom is 0.246 e. The molecule has 4 rings (SSSR count). The van der Waals surface area contributed by atoms with Gasteiger partial charge in [0.15, 0.2) is 0 Å². The summed E-state index contributed by atoms with van der Waals surface area (Å²) in [6, 6.07) is 12.9. The number of anilines is 2. The minimum atomic E-state index is -1.01. The Morgan fingerprint density at radius 3 is 2.46 bits per heavy atom. The third-order valence-electron chi connectivity index (χ3n) is 7.46. The van der Waals surface area contributed by atoms with Crippen molar-refractivity contribution in [2.45, 2.75) is 71.0 Å². The van der Waals surface area contributed by atoms with E-state index in [4.69, 9.17) is 0 Å². The molecular weight excluding hydrogens is 497 g/mol. The summed E-state index contributed by atoms with van der Waals surface area (Å²) < 4.78 is 13.4. The number of fused-ring (bicyclic) bond motifs is 2. The van der Waals surface area contributed by atoms with Gasteiger partial charge < -0.3 is 20.9 Å². The van der Waals surface area contributed by atoms with Crippen molar-refractivity contribution >= 4 is 29.1 Å². The van der Waals surface area contributed by atoms with E-state index in [-0.39, 0.29) is 47.8 Å². The number of amides is 3. The van der Waals surface area contributed by atoms with Gasteiger partial charge in [0.05, 0.1) is 11.5 Å². The van der Waals surface area contributed by atoms with Gasteiger partial charge in [-0.2, -0.15) is 5.26 Å². The van der Waals surface area contributed by atoms with Gasteiger partial charge in [-0.1, -0.05) is 52.8 Å². The summed E-state index contributed by atoms with van der Waals surface area (Å²) in [6.45, 7) is 9.75. The Labute approximate surface area is 228 Å². The molecule has 1 spiro atoms. The van der Waals surface area contributed by atoms with Crippen molar-refractivity contribution in [3.63, 3.8) is 0 Å². The van der Waals surface area contributed by atoms with Gasteiger partial charge in [-0.15, -0.1) is 0 Å². The molecule has 2 aliphatic rings. The Bertz CT molecular complexity index is 1300. The maximum atomic E-state index is 14.0. The number of nitrogens with one attached hydrogen (secondary N) is 3. The molecule has 1 saturated heterocycles. The van der Waals surface area contributed by atoms with Crippen LogP contribution in [0.3, 0.4) is 0 Å². The van der Waals surface area contributed by atoms with Crippen LogP contribution in [0.5, 0.6) is 0 Å². The molecule has 206 valence electrons. The fraction of sp³-hybridized carbons (Fsp3) is 0.467. The normalized spacial score (nSPS) is 21.7. The molecule has 8 nitrogen and oxygen atoms in total. The summed E-state index contributed by atoms with van der Waals surface area (Å²) in [5, 5.41) is 19.0. The van der Waals surface area contributed by atoms with Gasteiger partial charge in [0.1, 0.15) is 23.9 Å². The summed E-state index contributed by atoms with van der Waals surface area (Å²) >= 11 is 0. The van der Waals surface area contributed by atoms with Crippen LogP contribution in [-0.2, 0) is 19.8 Å². The van der Waals surface area contributed by atoms with Crippen LogP contribution in [0.1, 0.15) is 53.0 Å². The van der Waals surface area contributed by atoms with Crippen LogP contribution in [0.2, 0.25) is 0 Å². The van der Waals surface area contributed by atoms with E-state index in [9.17, 15) is 24.0 Å². The third kappa shape index (κ3) is 5.75. The Kier molecular flexibility index (Phi) is 7.69. The summed E-state index contributed by atoms with van der Waals surface area (Å²) in [6.07, 6.45) is 0.526. The van der Waals surface area contributed by atoms with Crippen molar-refractivity contribution in [3.05, 3.63) is 59.9 Å². The van der Waals surface area contributed by atoms with Crippen LogP contribution in [-0.4, -0.2) is 47.3 Å². The zero-order chi connectivity index (χ0) is 28.5. The quantitative estimate of drug-likeness (QED) is 0.494. The van der Waals surface area contributed by atoms with E-state index in [0.29, 0.717) is 17.8 Å². The monoisotopic (exact) mass is 533 g/mol. The number of nitrogens with zero attached hydrogens (tertiary/aromatic N) is 2. The zero-order valence-electron chi connectivity index (χ0n) is 23.0. The van der Waals surface area contributed by atoms with Crippen molar-refractivity contribution < 1.29 is 18.8 Å². The van der Waals surface area contributed by atoms with E-state index in [1.165, 1.54) is 17.0 Å². The number of para-hydroxylation sites is 1. The lowest BCUT2D eigenvalue weighted by Gasteiger charge is -2.33. The van der Waals surface area contributed by atoms with Crippen LogP contribution in [0.25, 0.3) is 0 Å². The van der Waals surface area contributed by atoms with Crippen molar-refractivity contribution in [1.82, 2.24) is 10.2 Å². The molecule has 3 N–H and O–H groups in total. The average Bonchev–Trinajstić information content (AvgIpc) is 3.39. The molecule has 0 saturated carbocycles. The molecular formula is C30H36FN5O3. The molecule has 0 radical (unpaired) electrons. The highest BCUT2D eigenvalue weighted by molar-refractivity contribution is 6.07. The zero-order valence-corrected chi connectivity index (χ0v) is 23.0. The first-order valence-electron chi connectivity index (χ1n) is 13.3. The van der Waals surface area contributed by atoms with Gasteiger partial charge in [-0.3, -0.25) is 14.4 Å². The van der Waals surface area contributed by atoms with Gasteiger partial charge in [-0.05, 0) is 53.6 Å². The second-order valence-electron chi connectivity index (χ2n) is 12.1. The minimum absolute atomic E-state index is 0.0604. The first-order valence-corrected chi connectivity index (χ1v) is 13.3. The molecule has 1 unspecified atom stereocenters. The van der Waals surface area contributed by atoms with E-state index in [1.807, 2.05) is 58.9 Å². The lowest BCUT2D eigenvalue weighted by molar-refractivity contribution is -0.138. The molecule has 4 atom stereocenters. The maximum absolute atomic E-state index is 14.0. The summed E-state index contributed by atoms with van der Waals surface area (Å²) in [7, 11) is 0. The summed E-state index contributed by atoms with van der Waals surface area (Å²) in [5.41, 5.74) is 0.737. The van der Waals surface area contributed by atoms with Crippen LogP contribution in [0.4, 0.5) is 15.8 Å². The van der Waals surface area contributed by atoms with Gasteiger partial charge in [0.2, 0.25) is 17.7 Å². The van der Waals surface area contributed by atoms with Crippen molar-refractivity contribution in [1.29, 1.82) is 5.26 Å². The van der Waals surface area contributed by atoms with Gasteiger partial charge in [-0.25, -0.2) is 4.39 Å². The third-order valence-corrected chi connectivity index (χ3v) is 7.46. The Balaban J connectivity index is 1.59. The lowest BCUT2D eigenvalue weighted by atomic mass is 9.80. The number of carbonyl (C=O) groups excluding carboxylic acids is 3. The Morgan fingerprint density at radius 1 is 1.18 bits per heavy atom. The van der Waals surface area contributed by atoms with Gasteiger partial charge >= 0.3 is 0 Å². The molecule has 2 aliphatic heterocycles. The van der Waals surface area contributed by atoms with Crippen LogP contribution < -0.4 is 16.0 Å². The van der Waals surface area contributed by atoms with E-state index < -0.39 is 23.5 Å². The van der Waals surface area contributed by atoms with Crippen LogP contribution in [0.15, 0.2) is 48.5 Å². The predicted molar refractivity (Wildman–Crippen MR) is 147 cm³/mol. The first kappa shape index (κ1) is 28.1. The predicted octanol–water partition coefficient (Wildman–Crippen LogP) is 4.20. The summed E-state index contributed by atoms with van der Waals surface area (Å²) in [5.74, 6) is -1.50. The second-order valence-corrected chi connectivity index (χ2v) is 12.1. The highest BCUT2D eigenvalue weighted by Crippen LogP contribution is 2.46. The number of likely N-dealkylation sites (tertiary alicyclic amines) is 1. The average molecular weight is 534 g/mol. The number of benzene rings is 2. The molecule has 0 bridgehead atoms. The SMILES string of the molecule is CC(C)C(Nc1ccc(F)cc1)C(=O)N[C@@H](CC(C)(C)C)C(=O)N1C[C@]2(C[C@H]1C#N)C(=O)Nc1ccccc12. The highest BCUT2D eigenvalue weighted by atomic mass is 19.1. The number of carbonyl (C=O) groups is 3. The molecule has 2 aromatic carbocycles. The molecule has 0 aromatic heterocycles. The molecule has 0 aliphatic carbocycles. The Morgan fingerprint density at radius 2 is 1.85 bits per heavy atom.